The number of nitrogens with one attached hydrogen (secondary N) is 1. The topological polar surface area (TPSA) is 67.2 Å². The molecular weight excluding hydrogens is 419 g/mol. The van der Waals surface area contributed by atoms with Gasteiger partial charge in [0, 0.05) is 44.4 Å². The van der Waals surface area contributed by atoms with Gasteiger partial charge in [0.2, 0.25) is 11.8 Å². The van der Waals surface area contributed by atoms with Gasteiger partial charge in [-0.2, -0.15) is 0 Å². The second kappa shape index (κ2) is 10.4. The third-order valence-electron chi connectivity index (χ3n) is 6.25. The highest BCUT2D eigenvalue weighted by molar-refractivity contribution is 5.80. The van der Waals surface area contributed by atoms with Crippen molar-refractivity contribution in [2.75, 3.05) is 13.1 Å². The van der Waals surface area contributed by atoms with E-state index < -0.39 is 0 Å². The first-order chi connectivity index (χ1) is 16.0. The van der Waals surface area contributed by atoms with E-state index in [1.54, 1.807) is 23.0 Å². The molecule has 1 aliphatic rings. The number of imidazole rings is 1. The van der Waals surface area contributed by atoms with Crippen LogP contribution < -0.4 is 5.32 Å². The minimum atomic E-state index is -0.356. The second-order valence-electron chi connectivity index (χ2n) is 8.49. The monoisotopic (exact) mass is 448 g/mol. The normalized spacial score (nSPS) is 14.3. The van der Waals surface area contributed by atoms with Gasteiger partial charge >= 0.3 is 0 Å². The highest BCUT2D eigenvalue weighted by Crippen LogP contribution is 2.20. The zero-order chi connectivity index (χ0) is 23.2. The number of amides is 2. The first kappa shape index (κ1) is 22.7. The molecule has 1 saturated heterocycles. The van der Waals surface area contributed by atoms with Crippen LogP contribution in [0.15, 0.2) is 60.9 Å². The molecule has 4 rings (SSSR count). The molecule has 7 heteroatoms. The molecule has 2 heterocycles. The summed E-state index contributed by atoms with van der Waals surface area (Å²) in [5, 5.41) is 2.92. The summed E-state index contributed by atoms with van der Waals surface area (Å²) in [4.78, 5) is 31.1. The lowest BCUT2D eigenvalue weighted by atomic mass is 9.95. The number of nitrogens with zero attached hydrogens (tertiary/aromatic N) is 3. The van der Waals surface area contributed by atoms with Crippen molar-refractivity contribution < 1.29 is 14.0 Å². The van der Waals surface area contributed by atoms with Crippen LogP contribution in [0, 0.1) is 18.7 Å². The van der Waals surface area contributed by atoms with Crippen LogP contribution in [0.5, 0.6) is 0 Å². The minimum Gasteiger partial charge on any atom is -0.352 e. The molecule has 0 aliphatic carbocycles. The molecule has 6 nitrogen and oxygen atoms in total. The van der Waals surface area contributed by atoms with Gasteiger partial charge in [0.05, 0.1) is 5.69 Å². The summed E-state index contributed by atoms with van der Waals surface area (Å²) in [6.07, 6.45) is 5.86. The molecule has 1 N–H and O–H groups in total. The molecule has 0 spiro atoms. The highest BCUT2D eigenvalue weighted by Gasteiger charge is 2.27. The van der Waals surface area contributed by atoms with Gasteiger partial charge in [-0.15, -0.1) is 0 Å². The van der Waals surface area contributed by atoms with E-state index in [4.69, 9.17) is 0 Å². The summed E-state index contributed by atoms with van der Waals surface area (Å²) in [7, 11) is 0. The predicted molar refractivity (Wildman–Crippen MR) is 124 cm³/mol. The van der Waals surface area contributed by atoms with Gasteiger partial charge in [0.25, 0.3) is 0 Å². The minimum absolute atomic E-state index is 0.0404. The smallest absolute Gasteiger partial charge is 0.223 e. The number of carbonyl (C=O) groups excluding carboxylic acids is 2. The number of hydrogen-bond acceptors (Lipinski definition) is 3. The van der Waals surface area contributed by atoms with Crippen molar-refractivity contribution in [3.05, 3.63) is 83.7 Å². The summed E-state index contributed by atoms with van der Waals surface area (Å²) >= 11 is 0. The Morgan fingerprint density at radius 1 is 1.09 bits per heavy atom. The molecule has 1 aliphatic heterocycles. The molecule has 1 aromatic heterocycles. The average Bonchev–Trinajstić information content (AvgIpc) is 3.27. The van der Waals surface area contributed by atoms with Gasteiger partial charge in [-0.05, 0) is 49.4 Å². The molecule has 33 heavy (non-hydrogen) atoms. The van der Waals surface area contributed by atoms with E-state index >= 15 is 0 Å². The fourth-order valence-corrected chi connectivity index (χ4v) is 4.27. The summed E-state index contributed by atoms with van der Waals surface area (Å²) in [5.74, 6) is 0.327. The van der Waals surface area contributed by atoms with Gasteiger partial charge < -0.3 is 14.8 Å². The molecule has 2 aromatic carbocycles. The van der Waals surface area contributed by atoms with E-state index in [1.165, 1.54) is 6.07 Å². The molecule has 1 fully saturated rings. The number of halogens is 1. The van der Waals surface area contributed by atoms with Gasteiger partial charge in [0.15, 0.2) is 0 Å². The van der Waals surface area contributed by atoms with Gasteiger partial charge in [-0.3, -0.25) is 9.59 Å². The van der Waals surface area contributed by atoms with E-state index in [9.17, 15) is 14.0 Å². The fourth-order valence-electron chi connectivity index (χ4n) is 4.27. The van der Waals surface area contributed by atoms with Crippen molar-refractivity contribution in [2.45, 2.75) is 39.2 Å². The van der Waals surface area contributed by atoms with Crippen LogP contribution in [0.1, 0.15) is 36.2 Å². The first-order valence-corrected chi connectivity index (χ1v) is 11.4. The Bertz CT molecular complexity index is 1100. The maximum atomic E-state index is 14.6. The van der Waals surface area contributed by atoms with Crippen LogP contribution in [0.4, 0.5) is 4.39 Å². The lowest BCUT2D eigenvalue weighted by molar-refractivity contribution is -0.135. The zero-order valence-electron chi connectivity index (χ0n) is 18.8. The molecule has 3 aromatic rings. The maximum absolute atomic E-state index is 14.6. The quantitative estimate of drug-likeness (QED) is 0.598. The molecule has 0 unspecified atom stereocenters. The van der Waals surface area contributed by atoms with Crippen molar-refractivity contribution in [1.82, 2.24) is 19.8 Å². The van der Waals surface area contributed by atoms with Crippen LogP contribution in [0.2, 0.25) is 0 Å². The van der Waals surface area contributed by atoms with Crippen molar-refractivity contribution in [3.8, 4) is 5.69 Å². The summed E-state index contributed by atoms with van der Waals surface area (Å²) < 4.78 is 16.3. The van der Waals surface area contributed by atoms with Crippen molar-refractivity contribution in [1.29, 1.82) is 0 Å². The highest BCUT2D eigenvalue weighted by atomic mass is 19.1. The van der Waals surface area contributed by atoms with Gasteiger partial charge in [-0.25, -0.2) is 9.37 Å². The number of hydrogen-bond donors (Lipinski definition) is 1. The van der Waals surface area contributed by atoms with E-state index in [0.29, 0.717) is 49.4 Å². The Labute approximate surface area is 193 Å². The van der Waals surface area contributed by atoms with Crippen LogP contribution in [0.3, 0.4) is 0 Å². The van der Waals surface area contributed by atoms with Crippen molar-refractivity contribution >= 4 is 11.8 Å². The first-order valence-electron chi connectivity index (χ1n) is 11.4. The Kier molecular flexibility index (Phi) is 7.17. The Balaban J connectivity index is 1.23. The maximum Gasteiger partial charge on any atom is 0.223 e. The summed E-state index contributed by atoms with van der Waals surface area (Å²) in [6.45, 7) is 3.28. The lowest BCUT2D eigenvalue weighted by Gasteiger charge is -2.31. The molecule has 0 radical (unpaired) electrons. The number of piperidine rings is 1. The number of benzene rings is 2. The zero-order valence-corrected chi connectivity index (χ0v) is 18.8. The number of likely N-dealkylation sites (tertiary alicyclic amines) is 1. The molecule has 0 saturated carbocycles. The Morgan fingerprint density at radius 2 is 1.85 bits per heavy atom. The third-order valence-corrected chi connectivity index (χ3v) is 6.25. The van der Waals surface area contributed by atoms with E-state index in [2.05, 4.69) is 10.3 Å². The molecule has 0 bridgehead atoms. The molecule has 0 atom stereocenters. The van der Waals surface area contributed by atoms with Crippen LogP contribution >= 0.6 is 0 Å². The average molecular weight is 449 g/mol. The molecular formula is C26H29FN4O2. The van der Waals surface area contributed by atoms with Crippen molar-refractivity contribution in [3.63, 3.8) is 0 Å². The fraction of sp³-hybridized carbons (Fsp3) is 0.346. The van der Waals surface area contributed by atoms with Gasteiger partial charge in [0.1, 0.15) is 11.6 Å². The van der Waals surface area contributed by atoms with Crippen LogP contribution in [-0.4, -0.2) is 39.4 Å². The number of rotatable bonds is 7. The van der Waals surface area contributed by atoms with E-state index in [1.807, 2.05) is 48.2 Å². The SMILES string of the molecule is Cc1nccn1-c1ccc(CNC(=O)C2CCN(C(=O)CCc3ccccc3)CC2)cc1F. The van der Waals surface area contributed by atoms with Crippen LogP contribution in [0.25, 0.3) is 5.69 Å². The number of aromatic nitrogens is 2. The molecule has 2 amide bonds. The van der Waals surface area contributed by atoms with Gasteiger partial charge in [-0.1, -0.05) is 36.4 Å². The summed E-state index contributed by atoms with van der Waals surface area (Å²) in [6, 6.07) is 14.9. The summed E-state index contributed by atoms with van der Waals surface area (Å²) in [5.41, 5.74) is 2.30. The van der Waals surface area contributed by atoms with E-state index in [0.717, 1.165) is 12.0 Å². The predicted octanol–water partition coefficient (Wildman–Crippen LogP) is 3.81. The largest absolute Gasteiger partial charge is 0.352 e. The van der Waals surface area contributed by atoms with Crippen LogP contribution in [-0.2, 0) is 22.6 Å². The standard InChI is InChI=1S/C26H29FN4O2/c1-19-28-13-16-31(19)24-9-7-21(17-23(24)27)18-29-26(33)22-11-14-30(15-12-22)25(32)10-8-20-5-3-2-4-6-20/h2-7,9,13,16-17,22H,8,10-12,14-15,18H2,1H3,(H,29,33). The Morgan fingerprint density at radius 3 is 2.52 bits per heavy atom. The van der Waals surface area contributed by atoms with Crippen molar-refractivity contribution in [2.24, 2.45) is 5.92 Å². The second-order valence-corrected chi connectivity index (χ2v) is 8.49. The third kappa shape index (κ3) is 5.66. The molecule has 172 valence electrons. The Hall–Kier alpha value is -3.48. The number of aryl methyl sites for hydroxylation is 2. The number of carbonyl (C=O) groups is 2. The van der Waals surface area contributed by atoms with E-state index in [-0.39, 0.29) is 30.1 Å². The lowest BCUT2D eigenvalue weighted by Crippen LogP contribution is -2.43.